The third kappa shape index (κ3) is 2.27. The molecule has 1 saturated heterocycles. The lowest BCUT2D eigenvalue weighted by Gasteiger charge is -2.27. The number of hydrogen-bond acceptors (Lipinski definition) is 3. The molecule has 3 aromatic heterocycles. The first kappa shape index (κ1) is 14.3. The van der Waals surface area contributed by atoms with Gasteiger partial charge < -0.3 is 9.47 Å². The van der Waals surface area contributed by atoms with E-state index in [1.165, 1.54) is 54.1 Å². The number of pyridine rings is 2. The number of rotatable bonds is 3. The number of aryl methyl sites for hydroxylation is 1. The molecule has 1 aliphatic carbocycles. The van der Waals surface area contributed by atoms with Crippen LogP contribution in [0.1, 0.15) is 37.8 Å². The van der Waals surface area contributed by atoms with Crippen molar-refractivity contribution in [2.75, 3.05) is 18.0 Å². The minimum Gasteiger partial charge on any atom is -0.357 e. The van der Waals surface area contributed by atoms with E-state index in [1.807, 2.05) is 6.20 Å². The molecule has 0 N–H and O–H groups in total. The highest BCUT2D eigenvalue weighted by Crippen LogP contribution is 2.37. The number of nitrogens with zero attached hydrogens (tertiary/aromatic N) is 4. The fraction of sp³-hybridized carbons (Fsp3) is 0.500. The predicted molar refractivity (Wildman–Crippen MR) is 98.5 cm³/mol. The van der Waals surface area contributed by atoms with Crippen LogP contribution in [0.15, 0.2) is 24.4 Å². The Morgan fingerprint density at radius 3 is 2.71 bits per heavy atom. The van der Waals surface area contributed by atoms with E-state index >= 15 is 0 Å². The summed E-state index contributed by atoms with van der Waals surface area (Å²) in [6.07, 6.45) is 9.72. The van der Waals surface area contributed by atoms with Gasteiger partial charge in [-0.3, -0.25) is 4.98 Å². The molecule has 4 nitrogen and oxygen atoms in total. The van der Waals surface area contributed by atoms with E-state index in [4.69, 9.17) is 9.97 Å². The minimum absolute atomic E-state index is 0.846. The van der Waals surface area contributed by atoms with Gasteiger partial charge in [0.05, 0.1) is 11.2 Å². The van der Waals surface area contributed by atoms with Crippen LogP contribution in [0.3, 0.4) is 0 Å². The summed E-state index contributed by atoms with van der Waals surface area (Å²) in [5, 5.41) is 2.58. The summed E-state index contributed by atoms with van der Waals surface area (Å²) >= 11 is 0. The smallest absolute Gasteiger partial charge is 0.143 e. The molecule has 4 heteroatoms. The molecular weight excluding hydrogens is 296 g/mol. The van der Waals surface area contributed by atoms with Crippen LogP contribution in [-0.4, -0.2) is 27.6 Å². The highest BCUT2D eigenvalue weighted by molar-refractivity contribution is 6.08. The molecule has 1 saturated carbocycles. The second-order valence-electron chi connectivity index (χ2n) is 7.45. The zero-order valence-corrected chi connectivity index (χ0v) is 14.3. The number of fused-ring (bicyclic) bond motifs is 3. The van der Waals surface area contributed by atoms with Crippen molar-refractivity contribution in [3.05, 3.63) is 30.1 Å². The zero-order chi connectivity index (χ0) is 16.1. The molecule has 1 aliphatic heterocycles. The van der Waals surface area contributed by atoms with E-state index in [0.717, 1.165) is 36.9 Å². The van der Waals surface area contributed by atoms with Crippen LogP contribution in [0.25, 0.3) is 21.9 Å². The Morgan fingerprint density at radius 2 is 1.92 bits per heavy atom. The third-order valence-corrected chi connectivity index (χ3v) is 5.68. The monoisotopic (exact) mass is 320 g/mol. The van der Waals surface area contributed by atoms with Gasteiger partial charge >= 0.3 is 0 Å². The van der Waals surface area contributed by atoms with Crippen molar-refractivity contribution in [3.8, 4) is 0 Å². The van der Waals surface area contributed by atoms with Gasteiger partial charge in [0.15, 0.2) is 0 Å². The van der Waals surface area contributed by atoms with Crippen LogP contribution in [0.2, 0.25) is 0 Å². The van der Waals surface area contributed by atoms with Gasteiger partial charge in [0.2, 0.25) is 0 Å². The fourth-order valence-corrected chi connectivity index (χ4v) is 4.12. The Balaban J connectivity index is 1.66. The average Bonchev–Trinajstić information content (AvgIpc) is 3.40. The molecule has 0 bridgehead atoms. The third-order valence-electron chi connectivity index (χ3n) is 5.68. The molecule has 0 aromatic carbocycles. The second-order valence-corrected chi connectivity index (χ2v) is 7.45. The summed E-state index contributed by atoms with van der Waals surface area (Å²) < 4.78 is 2.25. The summed E-state index contributed by atoms with van der Waals surface area (Å²) in [5.74, 6) is 1.98. The largest absolute Gasteiger partial charge is 0.357 e. The Hall–Kier alpha value is -2.10. The number of piperidine rings is 1. The van der Waals surface area contributed by atoms with Gasteiger partial charge in [0.25, 0.3) is 0 Å². The lowest BCUT2D eigenvalue weighted by atomic mass is 10.1. The van der Waals surface area contributed by atoms with Crippen LogP contribution < -0.4 is 4.90 Å². The molecule has 4 heterocycles. The Morgan fingerprint density at radius 1 is 1.08 bits per heavy atom. The summed E-state index contributed by atoms with van der Waals surface area (Å²) in [6.45, 7) is 2.27. The second kappa shape index (κ2) is 5.47. The van der Waals surface area contributed by atoms with Crippen LogP contribution in [0.5, 0.6) is 0 Å². The van der Waals surface area contributed by atoms with Crippen LogP contribution in [0.4, 0.5) is 5.82 Å². The molecule has 24 heavy (non-hydrogen) atoms. The van der Waals surface area contributed by atoms with E-state index < -0.39 is 0 Å². The van der Waals surface area contributed by atoms with Gasteiger partial charge in [-0.15, -0.1) is 0 Å². The van der Waals surface area contributed by atoms with Crippen LogP contribution >= 0.6 is 0 Å². The molecule has 0 spiro atoms. The first-order valence-electron chi connectivity index (χ1n) is 9.29. The molecule has 0 unspecified atom stereocenters. The van der Waals surface area contributed by atoms with Crippen molar-refractivity contribution in [1.82, 2.24) is 14.5 Å². The predicted octanol–water partition coefficient (Wildman–Crippen LogP) is 4.06. The Bertz CT molecular complexity index is 901. The maximum atomic E-state index is 5.03. The lowest BCUT2D eigenvalue weighted by Crippen LogP contribution is -2.30. The number of aromatic nitrogens is 3. The molecule has 0 amide bonds. The van der Waals surface area contributed by atoms with Gasteiger partial charge in [0, 0.05) is 37.1 Å². The van der Waals surface area contributed by atoms with E-state index in [0.29, 0.717) is 0 Å². The maximum absolute atomic E-state index is 5.03. The zero-order valence-electron chi connectivity index (χ0n) is 14.3. The van der Waals surface area contributed by atoms with Crippen molar-refractivity contribution in [3.63, 3.8) is 0 Å². The van der Waals surface area contributed by atoms with Gasteiger partial charge in [-0.2, -0.15) is 0 Å². The molecule has 0 radical (unpaired) electrons. The first-order valence-corrected chi connectivity index (χ1v) is 9.29. The SMILES string of the molecule is Cn1c2ccnc(CC3CC3)c2c2ccc(N3CCCCC3)nc21. The average molecular weight is 320 g/mol. The first-order chi connectivity index (χ1) is 11.8. The molecule has 124 valence electrons. The molecule has 0 atom stereocenters. The summed E-state index contributed by atoms with van der Waals surface area (Å²) in [7, 11) is 2.14. The van der Waals surface area contributed by atoms with Gasteiger partial charge in [-0.1, -0.05) is 0 Å². The lowest BCUT2D eigenvalue weighted by molar-refractivity contribution is 0.574. The standard InChI is InChI=1S/C20H24N4/c1-23-17-9-10-21-16(13-14-5-6-14)19(17)15-7-8-18(22-20(15)23)24-11-3-2-4-12-24/h7-10,14H,2-6,11-13H2,1H3. The quantitative estimate of drug-likeness (QED) is 0.729. The van der Waals surface area contributed by atoms with Gasteiger partial charge in [0.1, 0.15) is 11.5 Å². The molecule has 5 rings (SSSR count). The number of hydrogen-bond donors (Lipinski definition) is 0. The van der Waals surface area contributed by atoms with Crippen molar-refractivity contribution >= 4 is 27.8 Å². The Kier molecular flexibility index (Phi) is 3.25. The van der Waals surface area contributed by atoms with Crippen molar-refractivity contribution in [2.24, 2.45) is 13.0 Å². The summed E-state index contributed by atoms with van der Waals surface area (Å²) in [4.78, 5) is 12.2. The molecular formula is C20H24N4. The highest BCUT2D eigenvalue weighted by atomic mass is 15.2. The van der Waals surface area contributed by atoms with Crippen molar-refractivity contribution in [1.29, 1.82) is 0 Å². The fourth-order valence-electron chi connectivity index (χ4n) is 4.12. The van der Waals surface area contributed by atoms with Crippen LogP contribution in [0, 0.1) is 5.92 Å². The van der Waals surface area contributed by atoms with Gasteiger partial charge in [-0.25, -0.2) is 4.98 Å². The van der Waals surface area contributed by atoms with Crippen molar-refractivity contribution < 1.29 is 0 Å². The van der Waals surface area contributed by atoms with E-state index in [2.05, 4.69) is 34.7 Å². The van der Waals surface area contributed by atoms with Crippen LogP contribution in [-0.2, 0) is 13.5 Å². The topological polar surface area (TPSA) is 34.0 Å². The highest BCUT2D eigenvalue weighted by Gasteiger charge is 2.24. The molecule has 2 aliphatic rings. The summed E-state index contributed by atoms with van der Waals surface area (Å²) in [6, 6.07) is 6.61. The normalized spacial score (nSPS) is 18.6. The molecule has 3 aromatic rings. The minimum atomic E-state index is 0.846. The Labute approximate surface area is 142 Å². The summed E-state index contributed by atoms with van der Waals surface area (Å²) in [5.41, 5.74) is 3.62. The maximum Gasteiger partial charge on any atom is 0.143 e. The van der Waals surface area contributed by atoms with E-state index in [9.17, 15) is 0 Å². The van der Waals surface area contributed by atoms with E-state index in [-0.39, 0.29) is 0 Å². The number of anilines is 1. The molecule has 2 fully saturated rings. The van der Waals surface area contributed by atoms with Gasteiger partial charge in [-0.05, 0) is 62.6 Å². The van der Waals surface area contributed by atoms with Crippen molar-refractivity contribution in [2.45, 2.75) is 38.5 Å². The van der Waals surface area contributed by atoms with E-state index in [1.54, 1.807) is 0 Å².